The van der Waals surface area contributed by atoms with Crippen molar-refractivity contribution in [3.63, 3.8) is 0 Å². The van der Waals surface area contributed by atoms with Gasteiger partial charge in [0, 0.05) is 12.1 Å². The molecule has 0 amide bonds. The Bertz CT molecular complexity index is 187. The fourth-order valence-electron chi connectivity index (χ4n) is 2.74. The predicted octanol–water partition coefficient (Wildman–Crippen LogP) is 2.00. The normalized spacial score (nSPS) is 23.8. The molecule has 2 unspecified atom stereocenters. The summed E-state index contributed by atoms with van der Waals surface area (Å²) in [4.78, 5) is 2.62. The van der Waals surface area contributed by atoms with Crippen LogP contribution in [0.2, 0.25) is 0 Å². The van der Waals surface area contributed by atoms with E-state index in [1.165, 1.54) is 32.2 Å². The van der Waals surface area contributed by atoms with E-state index in [1.807, 2.05) is 0 Å². The molecule has 1 aliphatic rings. The molecular formula is C14H30N2O. The van der Waals surface area contributed by atoms with Gasteiger partial charge in [0.2, 0.25) is 0 Å². The molecule has 3 heteroatoms. The van der Waals surface area contributed by atoms with Gasteiger partial charge in [-0.2, -0.15) is 0 Å². The zero-order chi connectivity index (χ0) is 12.5. The summed E-state index contributed by atoms with van der Waals surface area (Å²) >= 11 is 0. The van der Waals surface area contributed by atoms with E-state index >= 15 is 0 Å². The van der Waals surface area contributed by atoms with Crippen molar-refractivity contribution in [3.05, 3.63) is 0 Å². The quantitative estimate of drug-likeness (QED) is 0.683. The van der Waals surface area contributed by atoms with E-state index in [0.29, 0.717) is 0 Å². The van der Waals surface area contributed by atoms with E-state index in [1.54, 1.807) is 0 Å². The third-order valence-electron chi connectivity index (χ3n) is 3.89. The van der Waals surface area contributed by atoms with E-state index in [0.717, 1.165) is 32.0 Å². The number of rotatable bonds is 8. The van der Waals surface area contributed by atoms with Crippen molar-refractivity contribution in [1.82, 2.24) is 10.2 Å². The summed E-state index contributed by atoms with van der Waals surface area (Å²) in [5.41, 5.74) is 0. The van der Waals surface area contributed by atoms with Crippen molar-refractivity contribution in [3.8, 4) is 0 Å². The summed E-state index contributed by atoms with van der Waals surface area (Å²) in [5, 5.41) is 12.7. The van der Waals surface area contributed by atoms with E-state index in [4.69, 9.17) is 0 Å². The molecule has 1 aliphatic heterocycles. The highest BCUT2D eigenvalue weighted by Crippen LogP contribution is 2.19. The van der Waals surface area contributed by atoms with Crippen LogP contribution in [0.4, 0.5) is 0 Å². The van der Waals surface area contributed by atoms with Crippen LogP contribution in [0.5, 0.6) is 0 Å². The number of hydrogen-bond donors (Lipinski definition) is 2. The lowest BCUT2D eigenvalue weighted by molar-refractivity contribution is 0.129. The Morgan fingerprint density at radius 1 is 1.35 bits per heavy atom. The minimum absolute atomic E-state index is 0.268. The second-order valence-electron chi connectivity index (χ2n) is 5.22. The first-order chi connectivity index (χ1) is 8.31. The molecule has 1 saturated heterocycles. The monoisotopic (exact) mass is 242 g/mol. The Kier molecular flexibility index (Phi) is 7.82. The first-order valence-corrected chi connectivity index (χ1v) is 7.40. The summed E-state index contributed by atoms with van der Waals surface area (Å²) in [6, 6.07) is 1.07. The summed E-state index contributed by atoms with van der Waals surface area (Å²) < 4.78 is 0. The maximum Gasteiger partial charge on any atom is 0.0585 e. The highest BCUT2D eigenvalue weighted by Gasteiger charge is 2.21. The molecule has 0 spiro atoms. The van der Waals surface area contributed by atoms with Crippen LogP contribution in [0, 0.1) is 0 Å². The van der Waals surface area contributed by atoms with Gasteiger partial charge in [-0.3, -0.25) is 0 Å². The van der Waals surface area contributed by atoms with Crippen molar-refractivity contribution in [1.29, 1.82) is 0 Å². The van der Waals surface area contributed by atoms with E-state index in [-0.39, 0.29) is 12.6 Å². The lowest BCUT2D eigenvalue weighted by Crippen LogP contribution is -2.43. The molecule has 2 N–H and O–H groups in total. The van der Waals surface area contributed by atoms with Crippen LogP contribution < -0.4 is 5.32 Å². The Morgan fingerprint density at radius 2 is 2.18 bits per heavy atom. The molecule has 0 aromatic rings. The van der Waals surface area contributed by atoms with Crippen molar-refractivity contribution >= 4 is 0 Å². The Labute approximate surface area is 107 Å². The van der Waals surface area contributed by atoms with Gasteiger partial charge in [0.05, 0.1) is 6.61 Å². The van der Waals surface area contributed by atoms with E-state index in [2.05, 4.69) is 24.1 Å². The zero-order valence-electron chi connectivity index (χ0n) is 11.6. The van der Waals surface area contributed by atoms with Crippen LogP contribution in [-0.4, -0.2) is 48.3 Å². The minimum Gasteiger partial charge on any atom is -0.395 e. The van der Waals surface area contributed by atoms with Gasteiger partial charge in [0.1, 0.15) is 0 Å². The molecule has 0 aliphatic carbocycles. The molecule has 1 rings (SSSR count). The first kappa shape index (κ1) is 14.9. The Morgan fingerprint density at radius 3 is 2.82 bits per heavy atom. The lowest BCUT2D eigenvalue weighted by Gasteiger charge is -2.36. The summed E-state index contributed by atoms with van der Waals surface area (Å²) in [5.74, 6) is 0. The molecule has 0 radical (unpaired) electrons. The van der Waals surface area contributed by atoms with Crippen molar-refractivity contribution in [2.45, 2.75) is 64.5 Å². The van der Waals surface area contributed by atoms with Crippen LogP contribution in [0.25, 0.3) is 0 Å². The lowest BCUT2D eigenvalue weighted by atomic mass is 9.99. The molecule has 0 saturated carbocycles. The molecule has 3 nitrogen and oxygen atoms in total. The molecule has 17 heavy (non-hydrogen) atoms. The second-order valence-corrected chi connectivity index (χ2v) is 5.22. The fourth-order valence-corrected chi connectivity index (χ4v) is 2.74. The van der Waals surface area contributed by atoms with Crippen molar-refractivity contribution in [2.24, 2.45) is 0 Å². The Balaban J connectivity index is 2.26. The number of hydrogen-bond acceptors (Lipinski definition) is 3. The summed E-state index contributed by atoms with van der Waals surface area (Å²) in [6.07, 6.45) is 7.59. The number of piperidine rings is 1. The standard InChI is InChI=1S/C14H30N2O/c1-3-9-15-13(12-17)8-11-16-10-6-5-7-14(16)4-2/h13-15,17H,3-12H2,1-2H3. The van der Waals surface area contributed by atoms with Gasteiger partial charge in [-0.25, -0.2) is 0 Å². The van der Waals surface area contributed by atoms with Gasteiger partial charge >= 0.3 is 0 Å². The minimum atomic E-state index is 0.268. The first-order valence-electron chi connectivity index (χ1n) is 7.40. The third-order valence-corrected chi connectivity index (χ3v) is 3.89. The van der Waals surface area contributed by atoms with Crippen LogP contribution in [0.3, 0.4) is 0 Å². The molecular weight excluding hydrogens is 212 g/mol. The van der Waals surface area contributed by atoms with E-state index in [9.17, 15) is 5.11 Å². The molecule has 2 atom stereocenters. The maximum absolute atomic E-state index is 9.32. The van der Waals surface area contributed by atoms with Gasteiger partial charge in [-0.05, 0) is 51.7 Å². The van der Waals surface area contributed by atoms with Crippen molar-refractivity contribution in [2.75, 3.05) is 26.2 Å². The van der Waals surface area contributed by atoms with Crippen LogP contribution >= 0.6 is 0 Å². The van der Waals surface area contributed by atoms with Crippen molar-refractivity contribution < 1.29 is 5.11 Å². The average molecular weight is 242 g/mol. The number of nitrogens with one attached hydrogen (secondary N) is 1. The topological polar surface area (TPSA) is 35.5 Å². The molecule has 0 aromatic heterocycles. The fraction of sp³-hybridized carbons (Fsp3) is 1.00. The Hall–Kier alpha value is -0.120. The van der Waals surface area contributed by atoms with Gasteiger partial charge in [0.15, 0.2) is 0 Å². The predicted molar refractivity (Wildman–Crippen MR) is 73.3 cm³/mol. The zero-order valence-corrected chi connectivity index (χ0v) is 11.6. The average Bonchev–Trinajstić information content (AvgIpc) is 2.39. The van der Waals surface area contributed by atoms with Gasteiger partial charge in [-0.1, -0.05) is 20.3 Å². The summed E-state index contributed by atoms with van der Waals surface area (Å²) in [6.45, 7) is 8.14. The number of likely N-dealkylation sites (tertiary alicyclic amines) is 1. The number of aliphatic hydroxyl groups is 1. The number of nitrogens with zero attached hydrogens (tertiary/aromatic N) is 1. The van der Waals surface area contributed by atoms with Gasteiger partial charge in [-0.15, -0.1) is 0 Å². The third kappa shape index (κ3) is 5.36. The van der Waals surface area contributed by atoms with Crippen LogP contribution in [-0.2, 0) is 0 Å². The SMILES string of the molecule is CCCNC(CO)CCN1CCCCC1CC. The summed E-state index contributed by atoms with van der Waals surface area (Å²) in [7, 11) is 0. The molecule has 1 fully saturated rings. The largest absolute Gasteiger partial charge is 0.395 e. The highest BCUT2D eigenvalue weighted by molar-refractivity contribution is 4.77. The molecule has 1 heterocycles. The molecule has 102 valence electrons. The highest BCUT2D eigenvalue weighted by atomic mass is 16.3. The second kappa shape index (κ2) is 8.90. The maximum atomic E-state index is 9.32. The number of aliphatic hydroxyl groups excluding tert-OH is 1. The van der Waals surface area contributed by atoms with Gasteiger partial charge in [0.25, 0.3) is 0 Å². The van der Waals surface area contributed by atoms with Gasteiger partial charge < -0.3 is 15.3 Å². The van der Waals surface area contributed by atoms with E-state index < -0.39 is 0 Å². The molecule has 0 bridgehead atoms. The van der Waals surface area contributed by atoms with Crippen LogP contribution in [0.15, 0.2) is 0 Å². The molecule has 0 aromatic carbocycles. The smallest absolute Gasteiger partial charge is 0.0585 e. The van der Waals surface area contributed by atoms with Crippen LogP contribution in [0.1, 0.15) is 52.4 Å².